The van der Waals surface area contributed by atoms with E-state index in [1.165, 1.54) is 0 Å². The van der Waals surface area contributed by atoms with Crippen molar-refractivity contribution in [1.29, 1.82) is 0 Å². The number of furan rings is 1. The van der Waals surface area contributed by atoms with Crippen molar-refractivity contribution in [3.63, 3.8) is 0 Å². The van der Waals surface area contributed by atoms with Crippen molar-refractivity contribution in [2.75, 3.05) is 25.5 Å². The summed E-state index contributed by atoms with van der Waals surface area (Å²) in [4.78, 5) is 20.9. The molecule has 7 heteroatoms. The molecule has 0 radical (unpaired) electrons. The molecule has 0 spiro atoms. The fourth-order valence-electron chi connectivity index (χ4n) is 3.00. The molecule has 0 N–H and O–H groups in total. The Kier molecular flexibility index (Phi) is 3.63. The smallest absolute Gasteiger partial charge is 0.289 e. The lowest BCUT2D eigenvalue weighted by Gasteiger charge is -2.27. The quantitative estimate of drug-likeness (QED) is 0.713. The second kappa shape index (κ2) is 5.84. The van der Waals surface area contributed by atoms with Crippen LogP contribution in [0.1, 0.15) is 27.5 Å². The largest absolute Gasteiger partial charge is 0.449 e. The maximum atomic E-state index is 12.8. The number of pyridine rings is 1. The Morgan fingerprint density at radius 3 is 2.88 bits per heavy atom. The van der Waals surface area contributed by atoms with Gasteiger partial charge in [-0.1, -0.05) is 0 Å². The van der Waals surface area contributed by atoms with Gasteiger partial charge in [-0.15, -0.1) is 5.10 Å². The number of rotatable bonds is 2. The van der Waals surface area contributed by atoms with Crippen LogP contribution in [-0.4, -0.2) is 46.6 Å². The molecule has 0 atom stereocenters. The highest BCUT2D eigenvalue weighted by molar-refractivity contribution is 5.95. The molecule has 1 aliphatic rings. The lowest BCUT2D eigenvalue weighted by atomic mass is 10.1. The number of nitrogens with zero attached hydrogens (tertiary/aromatic N) is 5. The summed E-state index contributed by atoms with van der Waals surface area (Å²) in [6.07, 6.45) is 0.694. The lowest BCUT2D eigenvalue weighted by Crippen LogP contribution is -2.36. The van der Waals surface area contributed by atoms with Gasteiger partial charge in [0.25, 0.3) is 5.91 Å². The van der Waals surface area contributed by atoms with Crippen LogP contribution in [0.4, 0.5) is 5.82 Å². The fourth-order valence-corrected chi connectivity index (χ4v) is 3.00. The maximum absolute atomic E-state index is 12.8. The van der Waals surface area contributed by atoms with Crippen LogP contribution >= 0.6 is 0 Å². The van der Waals surface area contributed by atoms with Crippen LogP contribution in [0.5, 0.6) is 0 Å². The zero-order valence-corrected chi connectivity index (χ0v) is 14.5. The van der Waals surface area contributed by atoms with E-state index in [1.54, 1.807) is 11.0 Å². The number of aromatic nitrogens is 3. The van der Waals surface area contributed by atoms with Gasteiger partial charge in [0.2, 0.25) is 0 Å². The van der Waals surface area contributed by atoms with Gasteiger partial charge >= 0.3 is 0 Å². The monoisotopic (exact) mass is 337 g/mol. The van der Waals surface area contributed by atoms with Crippen LogP contribution in [0.25, 0.3) is 11.1 Å². The summed E-state index contributed by atoms with van der Waals surface area (Å²) in [5.41, 5.74) is 4.22. The van der Waals surface area contributed by atoms with Gasteiger partial charge in [0.15, 0.2) is 17.2 Å². The summed E-state index contributed by atoms with van der Waals surface area (Å²) in [6.45, 7) is 3.03. The molecule has 0 bridgehead atoms. The Balaban J connectivity index is 1.61. The molecular weight excluding hydrogens is 318 g/mol. The Labute approximate surface area is 145 Å². The molecule has 7 nitrogen and oxygen atoms in total. The van der Waals surface area contributed by atoms with E-state index in [4.69, 9.17) is 4.42 Å². The third-order valence-electron chi connectivity index (χ3n) is 4.40. The minimum absolute atomic E-state index is 0.121. The van der Waals surface area contributed by atoms with Gasteiger partial charge in [-0.3, -0.25) is 4.79 Å². The Morgan fingerprint density at radius 2 is 2.08 bits per heavy atom. The summed E-state index contributed by atoms with van der Waals surface area (Å²) in [5.74, 6) is 0.993. The molecule has 0 aromatic carbocycles. The molecule has 0 aliphatic carbocycles. The highest BCUT2D eigenvalue weighted by Crippen LogP contribution is 2.24. The molecule has 0 saturated heterocycles. The molecular formula is C18H19N5O2. The van der Waals surface area contributed by atoms with E-state index < -0.39 is 0 Å². The molecule has 4 heterocycles. The predicted molar refractivity (Wildman–Crippen MR) is 93.5 cm³/mol. The van der Waals surface area contributed by atoms with Crippen molar-refractivity contribution in [2.24, 2.45) is 0 Å². The Morgan fingerprint density at radius 1 is 1.24 bits per heavy atom. The molecule has 0 fully saturated rings. The number of carbonyl (C=O) groups is 1. The zero-order chi connectivity index (χ0) is 17.6. The average molecular weight is 337 g/mol. The summed E-state index contributed by atoms with van der Waals surface area (Å²) >= 11 is 0. The van der Waals surface area contributed by atoms with Crippen LogP contribution in [0.3, 0.4) is 0 Å². The zero-order valence-electron chi connectivity index (χ0n) is 14.5. The first kappa shape index (κ1) is 15.6. The number of amides is 1. The highest BCUT2D eigenvalue weighted by atomic mass is 16.3. The minimum Gasteiger partial charge on any atom is -0.449 e. The molecule has 3 aromatic heterocycles. The lowest BCUT2D eigenvalue weighted by molar-refractivity contribution is 0.0703. The molecule has 25 heavy (non-hydrogen) atoms. The van der Waals surface area contributed by atoms with Gasteiger partial charge in [-0.05, 0) is 30.7 Å². The number of carbonyl (C=O) groups excluding carboxylic acids is 1. The minimum atomic E-state index is -0.121. The van der Waals surface area contributed by atoms with Gasteiger partial charge in [0.05, 0.1) is 5.69 Å². The molecule has 3 aromatic rings. The normalized spacial score (nSPS) is 13.8. The average Bonchev–Trinajstić information content (AvgIpc) is 3.03. The van der Waals surface area contributed by atoms with Gasteiger partial charge in [0, 0.05) is 45.4 Å². The molecule has 4 rings (SSSR count). The van der Waals surface area contributed by atoms with Crippen molar-refractivity contribution < 1.29 is 9.21 Å². The van der Waals surface area contributed by atoms with Gasteiger partial charge < -0.3 is 14.2 Å². The molecule has 1 amide bonds. The second-order valence-electron chi connectivity index (χ2n) is 6.49. The third-order valence-corrected chi connectivity index (χ3v) is 4.40. The van der Waals surface area contributed by atoms with Crippen LogP contribution < -0.4 is 4.90 Å². The van der Waals surface area contributed by atoms with E-state index in [9.17, 15) is 4.79 Å². The van der Waals surface area contributed by atoms with Gasteiger partial charge in [-0.2, -0.15) is 5.10 Å². The Hall–Kier alpha value is -2.96. The molecule has 0 saturated carbocycles. The Bertz CT molecular complexity index is 963. The third kappa shape index (κ3) is 2.82. The van der Waals surface area contributed by atoms with Crippen molar-refractivity contribution in [3.8, 4) is 0 Å². The first-order valence-corrected chi connectivity index (χ1v) is 8.20. The van der Waals surface area contributed by atoms with Crippen LogP contribution in [0.2, 0.25) is 0 Å². The van der Waals surface area contributed by atoms with Crippen LogP contribution in [-0.2, 0) is 13.0 Å². The number of hydrogen-bond donors (Lipinski definition) is 0. The second-order valence-corrected chi connectivity index (χ2v) is 6.49. The van der Waals surface area contributed by atoms with Gasteiger partial charge in [0.1, 0.15) is 5.52 Å². The first-order chi connectivity index (χ1) is 12.0. The summed E-state index contributed by atoms with van der Waals surface area (Å²) < 4.78 is 5.70. The SMILES string of the molecule is Cc1ccc2oc(C(=O)N3CCc4nnc(N(C)C)cc4C3)cc2n1. The number of hydrogen-bond acceptors (Lipinski definition) is 6. The van der Waals surface area contributed by atoms with Crippen LogP contribution in [0, 0.1) is 6.92 Å². The number of fused-ring (bicyclic) bond motifs is 2. The summed E-state index contributed by atoms with van der Waals surface area (Å²) in [6, 6.07) is 7.43. The fraction of sp³-hybridized carbons (Fsp3) is 0.333. The highest BCUT2D eigenvalue weighted by Gasteiger charge is 2.26. The summed E-state index contributed by atoms with van der Waals surface area (Å²) in [5, 5.41) is 8.49. The van der Waals surface area contributed by atoms with Crippen molar-refractivity contribution in [1.82, 2.24) is 20.1 Å². The van der Waals surface area contributed by atoms with E-state index >= 15 is 0 Å². The van der Waals surface area contributed by atoms with E-state index in [0.29, 0.717) is 36.4 Å². The maximum Gasteiger partial charge on any atom is 0.289 e. The summed E-state index contributed by atoms with van der Waals surface area (Å²) in [7, 11) is 3.84. The topological polar surface area (TPSA) is 75.4 Å². The standard InChI is InChI=1S/C18H19N5O2/c1-11-4-5-15-14(19-11)9-16(25-15)18(24)23-7-6-13-12(10-23)8-17(21-20-13)22(2)3/h4-5,8-9H,6-7,10H2,1-3H3. The van der Waals surface area contributed by atoms with Crippen LogP contribution in [0.15, 0.2) is 28.7 Å². The first-order valence-electron chi connectivity index (χ1n) is 8.20. The van der Waals surface area contributed by atoms with Gasteiger partial charge in [-0.25, -0.2) is 4.98 Å². The van der Waals surface area contributed by atoms with E-state index in [2.05, 4.69) is 15.2 Å². The molecule has 128 valence electrons. The molecule has 0 unspecified atom stereocenters. The van der Waals surface area contributed by atoms with Crippen molar-refractivity contribution >= 4 is 22.8 Å². The number of aryl methyl sites for hydroxylation is 1. The number of anilines is 1. The van der Waals surface area contributed by atoms with Crippen molar-refractivity contribution in [3.05, 3.63) is 47.0 Å². The van der Waals surface area contributed by atoms with E-state index in [1.807, 2.05) is 44.1 Å². The van der Waals surface area contributed by atoms with Crippen molar-refractivity contribution in [2.45, 2.75) is 19.9 Å². The van der Waals surface area contributed by atoms with E-state index in [0.717, 1.165) is 22.8 Å². The molecule has 1 aliphatic heterocycles. The van der Waals surface area contributed by atoms with E-state index in [-0.39, 0.29) is 5.91 Å². The predicted octanol–water partition coefficient (Wildman–Crippen LogP) is 2.19.